The van der Waals surface area contributed by atoms with Crippen LogP contribution in [0, 0.1) is 19.7 Å². The van der Waals surface area contributed by atoms with Crippen molar-refractivity contribution in [1.82, 2.24) is 5.32 Å². The zero-order valence-electron chi connectivity index (χ0n) is 17.5. The summed E-state index contributed by atoms with van der Waals surface area (Å²) in [5.41, 5.74) is 4.25. The smallest absolute Gasteiger partial charge is 0.265 e. The van der Waals surface area contributed by atoms with E-state index >= 15 is 0 Å². The van der Waals surface area contributed by atoms with Gasteiger partial charge in [0.25, 0.3) is 10.0 Å². The molecule has 1 N–H and O–H groups in total. The Morgan fingerprint density at radius 1 is 1.03 bits per heavy atom. The molecular weight excluding hydrogens is 415 g/mol. The lowest BCUT2D eigenvalue weighted by Gasteiger charge is -2.32. The molecule has 1 heterocycles. The van der Waals surface area contributed by atoms with Gasteiger partial charge in [-0.15, -0.1) is 0 Å². The molecule has 0 radical (unpaired) electrons. The molecule has 5 nitrogen and oxygen atoms in total. The third-order valence-corrected chi connectivity index (χ3v) is 7.36. The molecule has 0 aromatic heterocycles. The van der Waals surface area contributed by atoms with Crippen LogP contribution in [0.3, 0.4) is 0 Å². The van der Waals surface area contributed by atoms with E-state index in [4.69, 9.17) is 0 Å². The fraction of sp³-hybridized carbons (Fsp3) is 0.208. The number of fused-ring (bicyclic) bond motifs is 3. The highest BCUT2D eigenvalue weighted by molar-refractivity contribution is 7.93. The molecule has 3 aromatic carbocycles. The van der Waals surface area contributed by atoms with Crippen LogP contribution < -0.4 is 9.62 Å². The van der Waals surface area contributed by atoms with Gasteiger partial charge in [0.1, 0.15) is 12.4 Å². The Balaban J connectivity index is 1.67. The van der Waals surface area contributed by atoms with Crippen LogP contribution in [-0.4, -0.2) is 20.9 Å². The summed E-state index contributed by atoms with van der Waals surface area (Å²) in [6.07, 6.45) is 0. The Morgan fingerprint density at radius 2 is 1.77 bits per heavy atom. The van der Waals surface area contributed by atoms with Gasteiger partial charge in [0.15, 0.2) is 0 Å². The minimum Gasteiger partial charge on any atom is -0.348 e. The van der Waals surface area contributed by atoms with Crippen LogP contribution in [0.25, 0.3) is 11.1 Å². The standard InChI is InChI=1S/C24H23FN2O3S/c1-15-8-9-16(2)20(12-15)17(3)26-24(28)14-27-22-11-10-18(25)13-21(22)19-6-4-5-7-23(19)31(27,29)30/h4-13,17H,14H2,1-3H3,(H,26,28). The first-order valence-electron chi connectivity index (χ1n) is 9.96. The van der Waals surface area contributed by atoms with Crippen LogP contribution in [0.1, 0.15) is 29.7 Å². The number of halogens is 1. The number of amides is 1. The number of nitrogens with one attached hydrogen (secondary N) is 1. The molecule has 1 amide bonds. The van der Waals surface area contributed by atoms with Crippen LogP contribution in [0.2, 0.25) is 0 Å². The number of anilines is 1. The van der Waals surface area contributed by atoms with Crippen LogP contribution in [0.5, 0.6) is 0 Å². The second-order valence-corrected chi connectivity index (χ2v) is 9.65. The van der Waals surface area contributed by atoms with Gasteiger partial charge in [0.05, 0.1) is 16.6 Å². The first kappa shape index (κ1) is 21.1. The molecule has 1 aliphatic rings. The number of rotatable bonds is 4. The number of sulfonamides is 1. The second-order valence-electron chi connectivity index (χ2n) is 7.82. The molecule has 1 unspecified atom stereocenters. The molecule has 160 valence electrons. The predicted octanol–water partition coefficient (Wildman–Crippen LogP) is 4.50. The second kappa shape index (κ2) is 7.81. The zero-order valence-corrected chi connectivity index (χ0v) is 18.3. The summed E-state index contributed by atoms with van der Waals surface area (Å²) in [6.45, 7) is 5.41. The van der Waals surface area contributed by atoms with Crippen molar-refractivity contribution >= 4 is 21.6 Å². The molecule has 0 saturated heterocycles. The summed E-state index contributed by atoms with van der Waals surface area (Å²) >= 11 is 0. The van der Waals surface area contributed by atoms with E-state index in [-0.39, 0.29) is 16.6 Å². The molecule has 31 heavy (non-hydrogen) atoms. The van der Waals surface area contributed by atoms with Crippen molar-refractivity contribution in [1.29, 1.82) is 0 Å². The van der Waals surface area contributed by atoms with E-state index in [1.165, 1.54) is 24.3 Å². The summed E-state index contributed by atoms with van der Waals surface area (Å²) in [4.78, 5) is 12.9. The van der Waals surface area contributed by atoms with Gasteiger partial charge in [-0.1, -0.05) is 42.0 Å². The maximum absolute atomic E-state index is 14.0. The van der Waals surface area contributed by atoms with Gasteiger partial charge in [0.2, 0.25) is 5.91 Å². The predicted molar refractivity (Wildman–Crippen MR) is 119 cm³/mol. The highest BCUT2D eigenvalue weighted by atomic mass is 32.2. The largest absolute Gasteiger partial charge is 0.348 e. The number of nitrogens with zero attached hydrogens (tertiary/aromatic N) is 1. The van der Waals surface area contributed by atoms with E-state index in [1.807, 2.05) is 39.0 Å². The monoisotopic (exact) mass is 438 g/mol. The fourth-order valence-electron chi connectivity index (χ4n) is 4.00. The fourth-order valence-corrected chi connectivity index (χ4v) is 5.64. The van der Waals surface area contributed by atoms with Gasteiger partial charge >= 0.3 is 0 Å². The zero-order chi connectivity index (χ0) is 22.3. The van der Waals surface area contributed by atoms with Gasteiger partial charge in [-0.3, -0.25) is 9.10 Å². The van der Waals surface area contributed by atoms with Crippen molar-refractivity contribution in [3.63, 3.8) is 0 Å². The van der Waals surface area contributed by atoms with Crippen molar-refractivity contribution in [3.8, 4) is 11.1 Å². The van der Waals surface area contributed by atoms with Gasteiger partial charge in [-0.25, -0.2) is 12.8 Å². The first-order chi connectivity index (χ1) is 14.7. The molecule has 4 rings (SSSR count). The van der Waals surface area contributed by atoms with Gasteiger partial charge in [0, 0.05) is 11.1 Å². The van der Waals surface area contributed by atoms with Gasteiger partial charge < -0.3 is 5.32 Å². The van der Waals surface area contributed by atoms with E-state index in [2.05, 4.69) is 5.32 Å². The molecule has 0 fully saturated rings. The number of hydrogen-bond donors (Lipinski definition) is 1. The van der Waals surface area contributed by atoms with Crippen LogP contribution in [0.4, 0.5) is 10.1 Å². The SMILES string of the molecule is Cc1ccc(C)c(C(C)NC(=O)CN2c3ccc(F)cc3-c3ccccc3S2(=O)=O)c1. The summed E-state index contributed by atoms with van der Waals surface area (Å²) in [6, 6.07) is 16.0. The van der Waals surface area contributed by atoms with Crippen LogP contribution >= 0.6 is 0 Å². The third kappa shape index (κ3) is 3.81. The van der Waals surface area contributed by atoms with E-state index in [0.717, 1.165) is 21.0 Å². The first-order valence-corrected chi connectivity index (χ1v) is 11.4. The Hall–Kier alpha value is -3.19. The van der Waals surface area contributed by atoms with Crippen LogP contribution in [-0.2, 0) is 14.8 Å². The van der Waals surface area contributed by atoms with Gasteiger partial charge in [-0.2, -0.15) is 0 Å². The topological polar surface area (TPSA) is 66.5 Å². The van der Waals surface area contributed by atoms with E-state index in [0.29, 0.717) is 11.1 Å². The molecule has 7 heteroatoms. The van der Waals surface area contributed by atoms with Crippen molar-refractivity contribution in [2.75, 3.05) is 10.8 Å². The Labute approximate surface area is 181 Å². The van der Waals surface area contributed by atoms with Gasteiger partial charge in [-0.05, 0) is 56.2 Å². The number of hydrogen-bond acceptors (Lipinski definition) is 3. The molecule has 0 spiro atoms. The number of carbonyl (C=O) groups is 1. The summed E-state index contributed by atoms with van der Waals surface area (Å²) < 4.78 is 41.6. The lowest BCUT2D eigenvalue weighted by molar-refractivity contribution is -0.120. The average molecular weight is 439 g/mol. The van der Waals surface area contributed by atoms with Crippen molar-refractivity contribution in [3.05, 3.63) is 83.2 Å². The summed E-state index contributed by atoms with van der Waals surface area (Å²) in [7, 11) is -3.97. The quantitative estimate of drug-likeness (QED) is 0.652. The van der Waals surface area contributed by atoms with Crippen LogP contribution in [0.15, 0.2) is 65.6 Å². The minimum atomic E-state index is -3.97. The average Bonchev–Trinajstić information content (AvgIpc) is 2.73. The molecule has 1 aliphatic heterocycles. The maximum Gasteiger partial charge on any atom is 0.265 e. The minimum absolute atomic E-state index is 0.0588. The molecule has 0 bridgehead atoms. The number of carbonyl (C=O) groups excluding carboxylic acids is 1. The maximum atomic E-state index is 14.0. The number of benzene rings is 3. The van der Waals surface area contributed by atoms with Crippen molar-refractivity contribution < 1.29 is 17.6 Å². The molecule has 0 aliphatic carbocycles. The Bertz CT molecular complexity index is 1290. The van der Waals surface area contributed by atoms with E-state index < -0.39 is 28.3 Å². The Morgan fingerprint density at radius 3 is 2.55 bits per heavy atom. The molecular formula is C24H23FN2O3S. The normalized spacial score (nSPS) is 15.0. The summed E-state index contributed by atoms with van der Waals surface area (Å²) in [5.74, 6) is -0.910. The summed E-state index contributed by atoms with van der Waals surface area (Å²) in [5, 5.41) is 2.90. The highest BCUT2D eigenvalue weighted by Gasteiger charge is 2.36. The highest BCUT2D eigenvalue weighted by Crippen LogP contribution is 2.43. The van der Waals surface area contributed by atoms with Crippen molar-refractivity contribution in [2.45, 2.75) is 31.7 Å². The number of aryl methyl sites for hydroxylation is 2. The van der Waals surface area contributed by atoms with Crippen molar-refractivity contribution in [2.24, 2.45) is 0 Å². The van der Waals surface area contributed by atoms with E-state index in [1.54, 1.807) is 18.2 Å². The van der Waals surface area contributed by atoms with E-state index in [9.17, 15) is 17.6 Å². The lowest BCUT2D eigenvalue weighted by atomic mass is 10.00. The Kier molecular flexibility index (Phi) is 5.31. The third-order valence-electron chi connectivity index (χ3n) is 5.54. The molecule has 0 saturated carbocycles. The molecule has 1 atom stereocenters. The molecule has 3 aromatic rings. The lowest BCUT2D eigenvalue weighted by Crippen LogP contribution is -2.43.